The van der Waals surface area contributed by atoms with Gasteiger partial charge in [0.25, 0.3) is 5.91 Å². The molecule has 0 aliphatic rings. The maximum absolute atomic E-state index is 12.4. The third-order valence-corrected chi connectivity index (χ3v) is 4.97. The van der Waals surface area contributed by atoms with Crippen LogP contribution in [-0.4, -0.2) is 63.4 Å². The Balaban J connectivity index is 1.63. The number of aromatic amines is 1. The summed E-state index contributed by atoms with van der Waals surface area (Å²) < 4.78 is 0. The first kappa shape index (κ1) is 22.8. The van der Waals surface area contributed by atoms with Gasteiger partial charge in [-0.1, -0.05) is 13.8 Å². The molecule has 2 aromatic heterocycles. The zero-order valence-electron chi connectivity index (χ0n) is 18.3. The van der Waals surface area contributed by atoms with Crippen LogP contribution >= 0.6 is 0 Å². The lowest BCUT2D eigenvalue weighted by atomic mass is 10.1. The van der Waals surface area contributed by atoms with Crippen molar-refractivity contribution in [2.75, 3.05) is 31.5 Å². The second kappa shape index (κ2) is 11.5. The molecule has 1 amide bonds. The van der Waals surface area contributed by atoms with Gasteiger partial charge in [0.15, 0.2) is 0 Å². The molecule has 9 nitrogen and oxygen atoms in total. The summed E-state index contributed by atoms with van der Waals surface area (Å²) in [7, 11) is 0. The molecule has 0 unspecified atom stereocenters. The van der Waals surface area contributed by atoms with Crippen LogP contribution in [0.5, 0.6) is 0 Å². The van der Waals surface area contributed by atoms with Gasteiger partial charge in [-0.25, -0.2) is 9.97 Å². The Bertz CT molecular complexity index is 1050. The van der Waals surface area contributed by atoms with Crippen molar-refractivity contribution in [2.45, 2.75) is 13.8 Å². The summed E-state index contributed by atoms with van der Waals surface area (Å²) in [5.74, 6) is 0.342. The zero-order chi connectivity index (χ0) is 22.8. The van der Waals surface area contributed by atoms with Gasteiger partial charge in [-0.15, -0.1) is 0 Å². The Hall–Kier alpha value is -3.85. The van der Waals surface area contributed by atoms with E-state index in [1.165, 1.54) is 6.21 Å². The van der Waals surface area contributed by atoms with E-state index in [1.54, 1.807) is 42.7 Å². The van der Waals surface area contributed by atoms with Crippen molar-refractivity contribution in [1.82, 2.24) is 30.4 Å². The van der Waals surface area contributed by atoms with Crippen molar-refractivity contribution in [3.63, 3.8) is 0 Å². The molecule has 0 saturated heterocycles. The minimum Gasteiger partial charge on any atom is -0.351 e. The molecule has 9 heteroatoms. The number of anilines is 2. The van der Waals surface area contributed by atoms with Gasteiger partial charge < -0.3 is 20.9 Å². The molecule has 0 atom stereocenters. The van der Waals surface area contributed by atoms with Gasteiger partial charge >= 0.3 is 0 Å². The average molecular weight is 433 g/mol. The molecule has 0 spiro atoms. The monoisotopic (exact) mass is 432 g/mol. The highest BCUT2D eigenvalue weighted by Gasteiger charge is 2.10. The second-order valence-electron chi connectivity index (χ2n) is 6.97. The number of benzene rings is 1. The second-order valence-corrected chi connectivity index (χ2v) is 6.97. The third-order valence-electron chi connectivity index (χ3n) is 4.97. The van der Waals surface area contributed by atoms with Crippen LogP contribution < -0.4 is 10.6 Å². The SMILES string of the molecule is CCN(CC)CCNC(=O)c1ccc(Nc2nccc(-c3cn[nH]c3/C=C\C=N)n2)cc1. The molecule has 3 rings (SSSR count). The Morgan fingerprint density at radius 3 is 2.69 bits per heavy atom. The molecule has 0 aliphatic carbocycles. The number of carbonyl (C=O) groups is 1. The molecule has 0 bridgehead atoms. The minimum atomic E-state index is -0.0904. The van der Waals surface area contributed by atoms with E-state index < -0.39 is 0 Å². The van der Waals surface area contributed by atoms with E-state index in [4.69, 9.17) is 5.41 Å². The predicted octanol–water partition coefficient (Wildman–Crippen LogP) is 3.34. The van der Waals surface area contributed by atoms with Crippen molar-refractivity contribution >= 4 is 29.8 Å². The third kappa shape index (κ3) is 6.08. The molecule has 4 N–H and O–H groups in total. The van der Waals surface area contributed by atoms with Crippen LogP contribution in [0.3, 0.4) is 0 Å². The lowest BCUT2D eigenvalue weighted by Crippen LogP contribution is -2.34. The highest BCUT2D eigenvalue weighted by atomic mass is 16.1. The molecule has 0 radical (unpaired) electrons. The molecular formula is C23H28N8O. The van der Waals surface area contributed by atoms with Gasteiger partial charge in [0.05, 0.1) is 17.6 Å². The van der Waals surface area contributed by atoms with E-state index >= 15 is 0 Å². The largest absolute Gasteiger partial charge is 0.351 e. The first-order valence-corrected chi connectivity index (χ1v) is 10.6. The number of aromatic nitrogens is 4. The predicted molar refractivity (Wildman–Crippen MR) is 127 cm³/mol. The Kier molecular flexibility index (Phi) is 8.22. The number of hydrogen-bond donors (Lipinski definition) is 4. The van der Waals surface area contributed by atoms with Crippen LogP contribution in [0.4, 0.5) is 11.6 Å². The average Bonchev–Trinajstić information content (AvgIpc) is 3.30. The number of amides is 1. The standard InChI is InChI=1S/C23H28N8O/c1-3-31(4-2)15-14-25-22(32)17-7-9-18(10-8-17)28-23-26-13-11-20(29-23)19-16-27-30-21(19)6-5-12-24/h5-13,16,24H,3-4,14-15H2,1-2H3,(H,25,32)(H,27,30)(H,26,28,29)/b6-5-,24-12?. The van der Waals surface area contributed by atoms with Crippen LogP contribution in [0.2, 0.25) is 0 Å². The van der Waals surface area contributed by atoms with Gasteiger partial charge in [0, 0.05) is 42.3 Å². The summed E-state index contributed by atoms with van der Waals surface area (Å²) in [4.78, 5) is 23.4. The number of rotatable bonds is 11. The first-order chi connectivity index (χ1) is 15.6. The first-order valence-electron chi connectivity index (χ1n) is 10.6. The van der Waals surface area contributed by atoms with Crippen molar-refractivity contribution < 1.29 is 4.79 Å². The number of likely N-dealkylation sites (N-methyl/N-ethyl adjacent to an activating group) is 1. The van der Waals surface area contributed by atoms with Crippen LogP contribution in [0, 0.1) is 5.41 Å². The van der Waals surface area contributed by atoms with Gasteiger partial charge in [-0.3, -0.25) is 9.89 Å². The Morgan fingerprint density at radius 2 is 1.97 bits per heavy atom. The van der Waals surface area contributed by atoms with Gasteiger partial charge in [-0.05, 0) is 55.6 Å². The van der Waals surface area contributed by atoms with Crippen LogP contribution in [0.15, 0.2) is 48.8 Å². The normalized spacial score (nSPS) is 11.1. The van der Waals surface area contributed by atoms with Crippen molar-refractivity contribution in [3.05, 3.63) is 60.1 Å². The van der Waals surface area contributed by atoms with Gasteiger partial charge in [-0.2, -0.15) is 5.10 Å². The fraction of sp³-hybridized carbons (Fsp3) is 0.261. The van der Waals surface area contributed by atoms with Crippen molar-refractivity contribution in [1.29, 1.82) is 5.41 Å². The smallest absolute Gasteiger partial charge is 0.251 e. The molecular weight excluding hydrogens is 404 g/mol. The summed E-state index contributed by atoms with van der Waals surface area (Å²) in [6.07, 6.45) is 7.92. The summed E-state index contributed by atoms with van der Waals surface area (Å²) >= 11 is 0. The molecule has 0 fully saturated rings. The van der Waals surface area contributed by atoms with E-state index in [9.17, 15) is 4.79 Å². The fourth-order valence-electron chi connectivity index (χ4n) is 3.14. The lowest BCUT2D eigenvalue weighted by Gasteiger charge is -2.18. The summed E-state index contributed by atoms with van der Waals surface area (Å²) in [6.45, 7) is 7.62. The van der Waals surface area contributed by atoms with Crippen LogP contribution in [-0.2, 0) is 0 Å². The number of H-pyrrole nitrogens is 1. The fourth-order valence-corrected chi connectivity index (χ4v) is 3.14. The molecule has 0 saturated carbocycles. The van der Waals surface area contributed by atoms with E-state index in [0.29, 0.717) is 23.8 Å². The maximum Gasteiger partial charge on any atom is 0.251 e. The molecule has 1 aromatic carbocycles. The molecule has 3 aromatic rings. The molecule has 0 aliphatic heterocycles. The number of nitrogens with one attached hydrogen (secondary N) is 4. The lowest BCUT2D eigenvalue weighted by molar-refractivity contribution is 0.0949. The Morgan fingerprint density at radius 1 is 1.19 bits per heavy atom. The minimum absolute atomic E-state index is 0.0904. The number of hydrogen-bond acceptors (Lipinski definition) is 7. The summed E-state index contributed by atoms with van der Waals surface area (Å²) in [6, 6.07) is 8.99. The van der Waals surface area contributed by atoms with E-state index in [1.807, 2.05) is 12.1 Å². The van der Waals surface area contributed by atoms with E-state index in [2.05, 4.69) is 49.5 Å². The number of carbonyl (C=O) groups excluding carboxylic acids is 1. The quantitative estimate of drug-likeness (QED) is 0.345. The van der Waals surface area contributed by atoms with E-state index in [-0.39, 0.29) is 5.91 Å². The van der Waals surface area contributed by atoms with Crippen LogP contribution in [0.1, 0.15) is 29.9 Å². The van der Waals surface area contributed by atoms with Gasteiger partial charge in [0.2, 0.25) is 5.95 Å². The number of nitrogens with zero attached hydrogens (tertiary/aromatic N) is 4. The highest BCUT2D eigenvalue weighted by Crippen LogP contribution is 2.22. The molecule has 2 heterocycles. The van der Waals surface area contributed by atoms with Crippen LogP contribution in [0.25, 0.3) is 17.3 Å². The van der Waals surface area contributed by atoms with Gasteiger partial charge in [0.1, 0.15) is 0 Å². The van der Waals surface area contributed by atoms with Crippen molar-refractivity contribution in [2.24, 2.45) is 0 Å². The zero-order valence-corrected chi connectivity index (χ0v) is 18.3. The molecule has 166 valence electrons. The highest BCUT2D eigenvalue weighted by molar-refractivity contribution is 5.94. The topological polar surface area (TPSA) is 123 Å². The van der Waals surface area contributed by atoms with E-state index in [0.717, 1.165) is 36.6 Å². The molecule has 32 heavy (non-hydrogen) atoms. The van der Waals surface area contributed by atoms with Crippen molar-refractivity contribution in [3.8, 4) is 11.3 Å². The Labute approximate surface area is 187 Å². The number of allylic oxidation sites excluding steroid dienone is 1. The summed E-state index contributed by atoms with van der Waals surface area (Å²) in [5.41, 5.74) is 3.65. The maximum atomic E-state index is 12.4. The summed E-state index contributed by atoms with van der Waals surface area (Å²) in [5, 5.41) is 20.2.